The average molecular weight is 260 g/mol. The summed E-state index contributed by atoms with van der Waals surface area (Å²) >= 11 is 0. The predicted molar refractivity (Wildman–Crippen MR) is 61.8 cm³/mol. The molecule has 100 valence electrons. The first-order chi connectivity index (χ1) is 8.33. The third kappa shape index (κ3) is 2.25. The van der Waals surface area contributed by atoms with Gasteiger partial charge in [-0.3, -0.25) is 0 Å². The smallest absolute Gasteiger partial charge is 0.206 e. The van der Waals surface area contributed by atoms with Crippen LogP contribution in [0.15, 0.2) is 12.1 Å². The minimum Gasteiger partial charge on any atom is -0.206 e. The molecular weight excluding hydrogens is 244 g/mol. The van der Waals surface area contributed by atoms with Crippen LogP contribution < -0.4 is 0 Å². The highest BCUT2D eigenvalue weighted by molar-refractivity contribution is 5.30. The normalized spacial score (nSPS) is 27.2. The molecule has 1 saturated carbocycles. The molecule has 4 heteroatoms. The van der Waals surface area contributed by atoms with Crippen LogP contribution in [0.25, 0.3) is 0 Å². The maximum Gasteiger partial charge on any atom is 0.255 e. The minimum atomic E-state index is -2.96. The van der Waals surface area contributed by atoms with Gasteiger partial charge in [0.1, 0.15) is 0 Å². The molecule has 0 radical (unpaired) electrons. The molecule has 0 bridgehead atoms. The fraction of sp³-hybridized carbons (Fsp3) is 0.571. The Kier molecular flexibility index (Phi) is 3.39. The SMILES string of the molecule is Cc1ccc(C2CCC(C)CC2(F)F)c(F)c1F. The van der Waals surface area contributed by atoms with Crippen molar-refractivity contribution in [1.82, 2.24) is 0 Å². The molecule has 2 unspecified atom stereocenters. The lowest BCUT2D eigenvalue weighted by Crippen LogP contribution is -2.34. The summed E-state index contributed by atoms with van der Waals surface area (Å²) in [6.45, 7) is 3.18. The number of hydrogen-bond donors (Lipinski definition) is 0. The highest BCUT2D eigenvalue weighted by Crippen LogP contribution is 2.47. The molecule has 1 aliphatic rings. The van der Waals surface area contributed by atoms with Crippen LogP contribution >= 0.6 is 0 Å². The lowest BCUT2D eigenvalue weighted by Gasteiger charge is -2.35. The van der Waals surface area contributed by atoms with Gasteiger partial charge in [0, 0.05) is 6.42 Å². The molecule has 2 rings (SSSR count). The Balaban J connectivity index is 2.40. The zero-order chi connectivity index (χ0) is 13.5. The Labute approximate surface area is 104 Å². The van der Waals surface area contributed by atoms with E-state index in [2.05, 4.69) is 0 Å². The molecule has 2 atom stereocenters. The molecule has 0 aliphatic heterocycles. The lowest BCUT2D eigenvalue weighted by atomic mass is 9.76. The monoisotopic (exact) mass is 260 g/mol. The van der Waals surface area contributed by atoms with E-state index < -0.39 is 23.5 Å². The number of aryl methyl sites for hydroxylation is 1. The van der Waals surface area contributed by atoms with Gasteiger partial charge in [-0.05, 0) is 36.8 Å². The lowest BCUT2D eigenvalue weighted by molar-refractivity contribution is -0.0707. The Bertz CT molecular complexity index is 453. The summed E-state index contributed by atoms with van der Waals surface area (Å²) in [5, 5.41) is 0. The van der Waals surface area contributed by atoms with Crippen molar-refractivity contribution in [2.45, 2.75) is 45.0 Å². The van der Waals surface area contributed by atoms with E-state index in [4.69, 9.17) is 0 Å². The molecule has 1 aromatic carbocycles. The Morgan fingerprint density at radius 2 is 1.78 bits per heavy atom. The van der Waals surface area contributed by atoms with Gasteiger partial charge in [-0.1, -0.05) is 19.1 Å². The molecule has 1 aliphatic carbocycles. The van der Waals surface area contributed by atoms with Gasteiger partial charge in [-0.15, -0.1) is 0 Å². The van der Waals surface area contributed by atoms with Crippen LogP contribution in [0.3, 0.4) is 0 Å². The van der Waals surface area contributed by atoms with Crippen LogP contribution in [0.4, 0.5) is 17.6 Å². The van der Waals surface area contributed by atoms with Crippen molar-refractivity contribution in [2.75, 3.05) is 0 Å². The number of alkyl halides is 2. The summed E-state index contributed by atoms with van der Waals surface area (Å²) in [5.74, 6) is -6.37. The Hall–Kier alpha value is -1.06. The number of rotatable bonds is 1. The van der Waals surface area contributed by atoms with E-state index in [9.17, 15) is 17.6 Å². The highest BCUT2D eigenvalue weighted by atomic mass is 19.3. The van der Waals surface area contributed by atoms with Crippen molar-refractivity contribution in [2.24, 2.45) is 5.92 Å². The third-order valence-electron chi connectivity index (χ3n) is 3.76. The number of hydrogen-bond acceptors (Lipinski definition) is 0. The summed E-state index contributed by atoms with van der Waals surface area (Å²) in [4.78, 5) is 0. The van der Waals surface area contributed by atoms with Crippen LogP contribution in [-0.4, -0.2) is 5.92 Å². The average Bonchev–Trinajstić information content (AvgIpc) is 2.27. The zero-order valence-electron chi connectivity index (χ0n) is 10.4. The molecule has 1 aromatic rings. The molecule has 0 nitrogen and oxygen atoms in total. The Morgan fingerprint density at radius 3 is 2.39 bits per heavy atom. The minimum absolute atomic E-state index is 0.0744. The maximum absolute atomic E-state index is 13.9. The summed E-state index contributed by atoms with van der Waals surface area (Å²) in [5.41, 5.74) is -0.0428. The molecule has 0 heterocycles. The fourth-order valence-electron chi connectivity index (χ4n) is 2.68. The van der Waals surface area contributed by atoms with Gasteiger partial charge >= 0.3 is 0 Å². The quantitative estimate of drug-likeness (QED) is 0.635. The van der Waals surface area contributed by atoms with Crippen molar-refractivity contribution in [3.63, 3.8) is 0 Å². The second kappa shape index (κ2) is 4.56. The van der Waals surface area contributed by atoms with Crippen LogP contribution in [0.5, 0.6) is 0 Å². The summed E-state index contributed by atoms with van der Waals surface area (Å²) in [7, 11) is 0. The van der Waals surface area contributed by atoms with Crippen molar-refractivity contribution < 1.29 is 17.6 Å². The summed E-state index contributed by atoms with van der Waals surface area (Å²) in [6, 6.07) is 2.66. The van der Waals surface area contributed by atoms with Crippen LogP contribution in [0.2, 0.25) is 0 Å². The molecule has 1 fully saturated rings. The van der Waals surface area contributed by atoms with E-state index >= 15 is 0 Å². The molecule has 18 heavy (non-hydrogen) atoms. The van der Waals surface area contributed by atoms with E-state index in [1.807, 2.05) is 0 Å². The second-order valence-corrected chi connectivity index (χ2v) is 5.30. The van der Waals surface area contributed by atoms with Gasteiger partial charge in [-0.2, -0.15) is 0 Å². The van der Waals surface area contributed by atoms with Crippen LogP contribution in [0, 0.1) is 24.5 Å². The van der Waals surface area contributed by atoms with E-state index in [-0.39, 0.29) is 29.9 Å². The topological polar surface area (TPSA) is 0 Å². The fourth-order valence-corrected chi connectivity index (χ4v) is 2.68. The first kappa shape index (κ1) is 13.4. The predicted octanol–water partition coefficient (Wildman–Crippen LogP) is 4.81. The molecule has 0 N–H and O–H groups in total. The zero-order valence-corrected chi connectivity index (χ0v) is 10.4. The Morgan fingerprint density at radius 1 is 1.11 bits per heavy atom. The maximum atomic E-state index is 13.9. The third-order valence-corrected chi connectivity index (χ3v) is 3.76. The van der Waals surface area contributed by atoms with Gasteiger partial charge in [0.15, 0.2) is 11.6 Å². The number of halogens is 4. The molecule has 0 aromatic heterocycles. The van der Waals surface area contributed by atoms with E-state index in [1.165, 1.54) is 19.1 Å². The van der Waals surface area contributed by atoms with Gasteiger partial charge in [0.25, 0.3) is 5.92 Å². The standard InChI is InChI=1S/C14H16F4/c1-8-3-6-11(14(17,18)7-8)10-5-4-9(2)12(15)13(10)16/h4-5,8,11H,3,6-7H2,1-2H3. The molecule has 0 amide bonds. The highest BCUT2D eigenvalue weighted by Gasteiger charge is 2.45. The molecule has 0 saturated heterocycles. The summed E-state index contributed by atoms with van der Waals surface area (Å²) < 4.78 is 55.1. The van der Waals surface area contributed by atoms with Crippen molar-refractivity contribution in [3.8, 4) is 0 Å². The molecule has 0 spiro atoms. The molecular formula is C14H16F4. The van der Waals surface area contributed by atoms with E-state index in [1.54, 1.807) is 6.92 Å². The van der Waals surface area contributed by atoms with Crippen molar-refractivity contribution >= 4 is 0 Å². The van der Waals surface area contributed by atoms with E-state index in [0.717, 1.165) is 0 Å². The van der Waals surface area contributed by atoms with Gasteiger partial charge < -0.3 is 0 Å². The van der Waals surface area contributed by atoms with E-state index in [0.29, 0.717) is 6.42 Å². The summed E-state index contributed by atoms with van der Waals surface area (Å²) in [6.07, 6.45) is 0.565. The van der Waals surface area contributed by atoms with Crippen LogP contribution in [-0.2, 0) is 0 Å². The first-order valence-corrected chi connectivity index (χ1v) is 6.15. The largest absolute Gasteiger partial charge is 0.255 e. The number of benzene rings is 1. The van der Waals surface area contributed by atoms with Crippen molar-refractivity contribution in [1.29, 1.82) is 0 Å². The second-order valence-electron chi connectivity index (χ2n) is 5.30. The first-order valence-electron chi connectivity index (χ1n) is 6.15. The van der Waals surface area contributed by atoms with Gasteiger partial charge in [-0.25, -0.2) is 17.6 Å². The van der Waals surface area contributed by atoms with Crippen LogP contribution in [0.1, 0.15) is 43.2 Å². The van der Waals surface area contributed by atoms with Crippen molar-refractivity contribution in [3.05, 3.63) is 34.9 Å². The van der Waals surface area contributed by atoms with Gasteiger partial charge in [0.05, 0.1) is 5.92 Å². The van der Waals surface area contributed by atoms with Gasteiger partial charge in [0.2, 0.25) is 0 Å².